The molecule has 6 fully saturated rings. The van der Waals surface area contributed by atoms with E-state index in [2.05, 4.69) is 21.9 Å². The van der Waals surface area contributed by atoms with Gasteiger partial charge in [0.1, 0.15) is 53.5 Å². The van der Waals surface area contributed by atoms with Gasteiger partial charge in [0.2, 0.25) is 27.7 Å². The lowest BCUT2D eigenvalue weighted by Crippen LogP contribution is -2.59. The molecule has 9 rings (SSSR count). The summed E-state index contributed by atoms with van der Waals surface area (Å²) >= 11 is 0. The van der Waals surface area contributed by atoms with Crippen LogP contribution in [0.1, 0.15) is 142 Å². The van der Waals surface area contributed by atoms with Crippen LogP contribution < -0.4 is 24.8 Å². The molecule has 5 aliphatic carbocycles. The predicted molar refractivity (Wildman–Crippen MR) is 257 cm³/mol. The van der Waals surface area contributed by atoms with Gasteiger partial charge in [-0.2, -0.15) is 0 Å². The van der Waals surface area contributed by atoms with Crippen molar-refractivity contribution in [2.24, 2.45) is 23.7 Å². The van der Waals surface area contributed by atoms with E-state index in [1.165, 1.54) is 11.0 Å². The van der Waals surface area contributed by atoms with Crippen molar-refractivity contribution in [3.63, 3.8) is 0 Å². The number of para-hydroxylation sites is 1. The van der Waals surface area contributed by atoms with Crippen molar-refractivity contribution < 1.29 is 55.7 Å². The molecule has 5 saturated carbocycles. The van der Waals surface area contributed by atoms with Gasteiger partial charge in [-0.1, -0.05) is 50.3 Å². The molecule has 2 bridgehead atoms. The average molecular weight is 992 g/mol. The van der Waals surface area contributed by atoms with Crippen molar-refractivity contribution >= 4 is 50.7 Å². The minimum Gasteiger partial charge on any atom is -0.486 e. The van der Waals surface area contributed by atoms with Gasteiger partial charge in [0.15, 0.2) is 0 Å². The zero-order valence-corrected chi connectivity index (χ0v) is 41.8. The monoisotopic (exact) mass is 991 g/mol. The highest BCUT2D eigenvalue weighted by Gasteiger charge is 2.63. The van der Waals surface area contributed by atoms with E-state index in [4.69, 9.17) is 23.9 Å². The first-order chi connectivity index (χ1) is 33.3. The van der Waals surface area contributed by atoms with E-state index in [0.717, 1.165) is 44.9 Å². The Balaban J connectivity index is 1.05. The maximum Gasteiger partial charge on any atom is 0.408 e. The number of hydrogen-bond donors (Lipinski definition) is 3. The van der Waals surface area contributed by atoms with Crippen molar-refractivity contribution in [3.05, 3.63) is 42.5 Å². The minimum atomic E-state index is -4.06. The second-order valence-corrected chi connectivity index (χ2v) is 24.6. The topological polar surface area (TPSA) is 209 Å². The van der Waals surface area contributed by atoms with E-state index in [9.17, 15) is 27.6 Å². The summed E-state index contributed by atoms with van der Waals surface area (Å²) in [5, 5.41) is 6.47. The fourth-order valence-corrected chi connectivity index (χ4v) is 12.5. The van der Waals surface area contributed by atoms with E-state index in [0.29, 0.717) is 67.2 Å². The maximum absolute atomic E-state index is 16.3. The third-order valence-corrected chi connectivity index (χ3v) is 18.1. The van der Waals surface area contributed by atoms with Crippen LogP contribution in [0, 0.1) is 23.7 Å². The number of halogens is 1. The van der Waals surface area contributed by atoms with Crippen LogP contribution >= 0.6 is 0 Å². The zero-order valence-electron chi connectivity index (χ0n) is 41.0. The summed E-state index contributed by atoms with van der Waals surface area (Å²) in [4.78, 5) is 77.1. The molecule has 7 aliphatic rings. The smallest absolute Gasteiger partial charge is 0.408 e. The summed E-state index contributed by atoms with van der Waals surface area (Å²) in [6.45, 7) is 10.7. The standard InChI is InChI=1S/C52H70FN5O11S/c1-6-33-28-52(33,48(62)57-70(64,65)51(5)23-24-51)56-44(59)39-27-34-29-58(39)46(60)42(30-15-9-7-10-16-30)55-49(63)68-41-26-31(41)17-11-8-12-19-36-43(35-18-13-14-20-38(35)54-45(36)66-34)67-40-22-21-32(25-37(40)53)47(61)69-50(2,3)4/h6,13-14,18,20,30-34,37,39-42H,1,7-12,15-17,19,21-29H2,2-5H3,(H,55,63)(H,56,59)(H,57,62)/t31-,32?,33-,34-,37-,39+,40+,41-,42+,52-/m1/s1. The molecule has 3 heterocycles. The molecule has 0 radical (unpaired) electrons. The second-order valence-electron chi connectivity index (χ2n) is 22.4. The van der Waals surface area contributed by atoms with Gasteiger partial charge in [0, 0.05) is 17.7 Å². The second kappa shape index (κ2) is 19.5. The number of benzene rings is 1. The molecule has 2 aromatic rings. The van der Waals surface area contributed by atoms with Crippen molar-refractivity contribution in [2.75, 3.05) is 6.54 Å². The average Bonchev–Trinajstić information content (AvgIpc) is 4.28. The lowest BCUT2D eigenvalue weighted by atomic mass is 9.83. The van der Waals surface area contributed by atoms with Gasteiger partial charge < -0.3 is 34.5 Å². The third-order valence-electron chi connectivity index (χ3n) is 15.9. The van der Waals surface area contributed by atoms with Crippen LogP contribution in [0.4, 0.5) is 9.18 Å². The number of nitrogens with zero attached hydrogens (tertiary/aromatic N) is 2. The fraction of sp³-hybridized carbons (Fsp3) is 0.692. The van der Waals surface area contributed by atoms with E-state index >= 15 is 9.18 Å². The number of nitrogens with one attached hydrogen (secondary N) is 3. The fourth-order valence-electron chi connectivity index (χ4n) is 11.2. The maximum atomic E-state index is 16.3. The summed E-state index contributed by atoms with van der Waals surface area (Å²) in [5.74, 6) is -3.03. The number of hydrogen-bond acceptors (Lipinski definition) is 12. The van der Waals surface area contributed by atoms with Crippen LogP contribution in [0.2, 0.25) is 0 Å². The Bertz CT molecular complexity index is 2490. The van der Waals surface area contributed by atoms with E-state index in [-0.39, 0.29) is 56.0 Å². The van der Waals surface area contributed by atoms with E-state index in [1.807, 2.05) is 24.3 Å². The van der Waals surface area contributed by atoms with Gasteiger partial charge in [0.25, 0.3) is 5.91 Å². The number of pyridine rings is 1. The van der Waals surface area contributed by atoms with Gasteiger partial charge in [-0.15, -0.1) is 6.58 Å². The van der Waals surface area contributed by atoms with Crippen LogP contribution in [0.3, 0.4) is 0 Å². The minimum absolute atomic E-state index is 0.0403. The van der Waals surface area contributed by atoms with E-state index < -0.39 is 98.0 Å². The highest BCUT2D eigenvalue weighted by atomic mass is 32.2. The summed E-state index contributed by atoms with van der Waals surface area (Å²) in [6, 6.07) is 5.16. The molecule has 1 unspecified atom stereocenters. The molecule has 1 aromatic heterocycles. The number of alkyl carbamates (subject to hydrolysis) is 1. The molecule has 2 aliphatic heterocycles. The van der Waals surface area contributed by atoms with Crippen LogP contribution in [0.15, 0.2) is 36.9 Å². The number of carbonyl (C=O) groups excluding carboxylic acids is 5. The number of carbonyl (C=O) groups is 5. The molecule has 4 amide bonds. The zero-order chi connectivity index (χ0) is 49.8. The van der Waals surface area contributed by atoms with E-state index in [1.54, 1.807) is 27.7 Å². The van der Waals surface area contributed by atoms with Crippen LogP contribution in [-0.2, 0) is 45.1 Å². The third kappa shape index (κ3) is 10.6. The number of ether oxygens (including phenoxy) is 4. The largest absolute Gasteiger partial charge is 0.486 e. The van der Waals surface area contributed by atoms with Gasteiger partial charge >= 0.3 is 12.1 Å². The first-order valence-corrected chi connectivity index (χ1v) is 27.2. The first kappa shape index (κ1) is 50.0. The molecular formula is C52H70FN5O11S. The number of amides is 4. The van der Waals surface area contributed by atoms with Gasteiger partial charge in [-0.3, -0.25) is 23.9 Å². The number of rotatable bonds is 10. The van der Waals surface area contributed by atoms with Crippen LogP contribution in [0.25, 0.3) is 10.9 Å². The lowest BCUT2D eigenvalue weighted by molar-refractivity contribution is -0.163. The Morgan fingerprint density at radius 1 is 0.957 bits per heavy atom. The Morgan fingerprint density at radius 2 is 1.67 bits per heavy atom. The van der Waals surface area contributed by atoms with Crippen molar-refractivity contribution in [2.45, 2.75) is 196 Å². The lowest BCUT2D eigenvalue weighted by Gasteiger charge is -2.34. The first-order valence-electron chi connectivity index (χ1n) is 25.7. The Labute approximate surface area is 410 Å². The van der Waals surface area contributed by atoms with Gasteiger partial charge in [0.05, 0.1) is 28.3 Å². The number of alkyl halides is 1. The molecular weight excluding hydrogens is 922 g/mol. The summed E-state index contributed by atoms with van der Waals surface area (Å²) in [5.41, 5.74) is -1.17. The Morgan fingerprint density at radius 3 is 2.36 bits per heavy atom. The van der Waals surface area contributed by atoms with Crippen LogP contribution in [0.5, 0.6) is 11.6 Å². The molecule has 3 N–H and O–H groups in total. The summed E-state index contributed by atoms with van der Waals surface area (Å²) in [6.07, 6.45) is 7.36. The molecule has 70 heavy (non-hydrogen) atoms. The predicted octanol–water partition coefficient (Wildman–Crippen LogP) is 7.05. The van der Waals surface area contributed by atoms with Crippen molar-refractivity contribution in [3.8, 4) is 11.6 Å². The Kier molecular flexibility index (Phi) is 14.0. The number of fused-ring (bicyclic) bond motifs is 5. The van der Waals surface area contributed by atoms with Crippen molar-refractivity contribution in [1.29, 1.82) is 0 Å². The summed E-state index contributed by atoms with van der Waals surface area (Å²) in [7, 11) is -4.06. The number of esters is 1. The normalized spacial score (nSPS) is 32.5. The number of aromatic nitrogens is 1. The van der Waals surface area contributed by atoms with Crippen LogP contribution in [-0.4, -0.2) is 107 Å². The molecule has 1 saturated heterocycles. The Hall–Kier alpha value is -5.00. The van der Waals surface area contributed by atoms with Crippen molar-refractivity contribution in [1.82, 2.24) is 25.2 Å². The van der Waals surface area contributed by atoms with Gasteiger partial charge in [-0.25, -0.2) is 22.6 Å². The quantitative estimate of drug-likeness (QED) is 0.162. The highest BCUT2D eigenvalue weighted by Crippen LogP contribution is 2.48. The SMILES string of the molecule is C=C[C@@H]1C[C@]1(NC(=O)[C@@H]1C[C@@H]2CN1C(=O)[C@H](C1CCCCC1)NC(=O)O[C@@H]1C[C@H]1CCCCCc1c(nc3ccccc3c1O[C@H]1CCC(C(=O)OC(C)(C)C)C[C@H]1F)O2)C(=O)NS(=O)(=O)C1(C)CC1. The summed E-state index contributed by atoms with van der Waals surface area (Å²) < 4.78 is 69.2. The molecule has 0 spiro atoms. The molecule has 382 valence electrons. The molecule has 10 atom stereocenters. The molecule has 18 heteroatoms. The molecule has 1 aromatic carbocycles. The highest BCUT2D eigenvalue weighted by molar-refractivity contribution is 7.91. The molecule has 16 nitrogen and oxygen atoms in total. The van der Waals surface area contributed by atoms with Gasteiger partial charge in [-0.05, 0) is 129 Å². The number of sulfonamides is 1.